The number of methoxy groups -OCH3 is 2. The minimum atomic E-state index is -2.88. The fourth-order valence-electron chi connectivity index (χ4n) is 2.12. The van der Waals surface area contributed by atoms with Crippen LogP contribution in [-0.2, 0) is 11.2 Å². The molecule has 1 amide bonds. The minimum absolute atomic E-state index is 0.0254. The molecule has 0 fully saturated rings. The molecule has 0 aliphatic carbocycles. The molecule has 0 bridgehead atoms. The zero-order valence-corrected chi connectivity index (χ0v) is 13.2. The molecule has 0 spiro atoms. The Morgan fingerprint density at radius 2 is 1.71 bits per heavy atom. The van der Waals surface area contributed by atoms with Crippen molar-refractivity contribution in [2.45, 2.75) is 13.0 Å². The third-order valence-corrected chi connectivity index (χ3v) is 3.20. The Morgan fingerprint density at radius 3 is 2.29 bits per heavy atom. The molecule has 7 heteroatoms. The summed E-state index contributed by atoms with van der Waals surface area (Å²) in [6, 6.07) is 10.9. The van der Waals surface area contributed by atoms with Gasteiger partial charge >= 0.3 is 6.61 Å². The Bertz CT molecular complexity index is 689. The number of nitrogens with one attached hydrogen (secondary N) is 1. The fourth-order valence-corrected chi connectivity index (χ4v) is 2.12. The maximum absolute atomic E-state index is 12.2. The molecule has 0 aromatic heterocycles. The van der Waals surface area contributed by atoms with E-state index in [0.29, 0.717) is 22.7 Å². The first-order valence-electron chi connectivity index (χ1n) is 7.07. The predicted molar refractivity (Wildman–Crippen MR) is 85.0 cm³/mol. The number of anilines is 1. The number of hydrogen-bond acceptors (Lipinski definition) is 4. The van der Waals surface area contributed by atoms with Crippen LogP contribution in [0.2, 0.25) is 0 Å². The average molecular weight is 337 g/mol. The first kappa shape index (κ1) is 17.5. The van der Waals surface area contributed by atoms with E-state index in [2.05, 4.69) is 10.1 Å². The summed E-state index contributed by atoms with van der Waals surface area (Å²) in [6.07, 6.45) is 0.0790. The largest absolute Gasteiger partial charge is 0.497 e. The summed E-state index contributed by atoms with van der Waals surface area (Å²) < 4.78 is 38.8. The van der Waals surface area contributed by atoms with Gasteiger partial charge in [-0.05, 0) is 42.5 Å². The van der Waals surface area contributed by atoms with Crippen LogP contribution in [0.25, 0.3) is 0 Å². The number of halogens is 2. The van der Waals surface area contributed by atoms with Crippen molar-refractivity contribution < 1.29 is 27.8 Å². The van der Waals surface area contributed by atoms with Crippen LogP contribution in [0.4, 0.5) is 14.5 Å². The van der Waals surface area contributed by atoms with Gasteiger partial charge in [0.2, 0.25) is 5.91 Å². The van der Waals surface area contributed by atoms with Crippen LogP contribution < -0.4 is 19.5 Å². The monoisotopic (exact) mass is 337 g/mol. The quantitative estimate of drug-likeness (QED) is 0.840. The zero-order valence-electron chi connectivity index (χ0n) is 13.2. The lowest BCUT2D eigenvalue weighted by molar-refractivity contribution is -0.115. The van der Waals surface area contributed by atoms with E-state index in [1.54, 1.807) is 18.2 Å². The van der Waals surface area contributed by atoms with Crippen molar-refractivity contribution in [2.75, 3.05) is 19.5 Å². The number of rotatable bonds is 7. The highest BCUT2D eigenvalue weighted by Gasteiger charge is 2.11. The molecular weight excluding hydrogens is 320 g/mol. The maximum Gasteiger partial charge on any atom is 0.387 e. The van der Waals surface area contributed by atoms with Crippen molar-refractivity contribution >= 4 is 11.6 Å². The van der Waals surface area contributed by atoms with E-state index >= 15 is 0 Å². The van der Waals surface area contributed by atoms with Crippen LogP contribution in [0, 0.1) is 0 Å². The summed E-state index contributed by atoms with van der Waals surface area (Å²) in [5.41, 5.74) is 1.15. The molecule has 0 unspecified atom stereocenters. The molecule has 128 valence electrons. The lowest BCUT2D eigenvalue weighted by Crippen LogP contribution is -2.15. The van der Waals surface area contributed by atoms with Gasteiger partial charge in [0, 0.05) is 11.3 Å². The number of hydrogen-bond donors (Lipinski definition) is 1. The standard InChI is InChI=1S/C17H17F2NO4/c1-22-14-7-8-15(23-2)11(9-14)10-16(21)20-12-3-5-13(6-4-12)24-17(18)19/h3-9,17H,10H2,1-2H3,(H,20,21). The van der Waals surface area contributed by atoms with Crippen LogP contribution in [-0.4, -0.2) is 26.7 Å². The van der Waals surface area contributed by atoms with Gasteiger partial charge in [-0.3, -0.25) is 4.79 Å². The van der Waals surface area contributed by atoms with Crippen LogP contribution in [0.5, 0.6) is 17.2 Å². The number of amides is 1. The molecule has 2 aromatic rings. The Balaban J connectivity index is 2.03. The zero-order chi connectivity index (χ0) is 17.5. The van der Waals surface area contributed by atoms with Crippen LogP contribution in [0.15, 0.2) is 42.5 Å². The SMILES string of the molecule is COc1ccc(OC)c(CC(=O)Nc2ccc(OC(F)F)cc2)c1. The van der Waals surface area contributed by atoms with Crippen molar-refractivity contribution in [3.63, 3.8) is 0 Å². The Morgan fingerprint density at radius 1 is 1.04 bits per heavy atom. The van der Waals surface area contributed by atoms with Crippen molar-refractivity contribution in [3.05, 3.63) is 48.0 Å². The topological polar surface area (TPSA) is 56.8 Å². The van der Waals surface area contributed by atoms with Gasteiger partial charge in [0.15, 0.2) is 0 Å². The number of benzene rings is 2. The maximum atomic E-state index is 12.2. The second-order valence-electron chi connectivity index (χ2n) is 4.81. The van der Waals surface area contributed by atoms with Gasteiger partial charge in [0.25, 0.3) is 0 Å². The summed E-state index contributed by atoms with van der Waals surface area (Å²) >= 11 is 0. The van der Waals surface area contributed by atoms with Crippen molar-refractivity contribution in [2.24, 2.45) is 0 Å². The second kappa shape index (κ2) is 8.14. The normalized spacial score (nSPS) is 10.4. The Labute approximate surface area is 138 Å². The molecule has 2 aromatic carbocycles. The molecule has 0 aliphatic heterocycles. The first-order valence-corrected chi connectivity index (χ1v) is 7.07. The lowest BCUT2D eigenvalue weighted by atomic mass is 10.1. The van der Waals surface area contributed by atoms with E-state index in [-0.39, 0.29) is 18.1 Å². The fraction of sp³-hybridized carbons (Fsp3) is 0.235. The summed E-state index contributed by atoms with van der Waals surface area (Å²) in [4.78, 5) is 12.2. The van der Waals surface area contributed by atoms with E-state index in [4.69, 9.17) is 9.47 Å². The van der Waals surface area contributed by atoms with Crippen LogP contribution in [0.3, 0.4) is 0 Å². The van der Waals surface area contributed by atoms with Crippen LogP contribution in [0.1, 0.15) is 5.56 Å². The number of ether oxygens (including phenoxy) is 3. The second-order valence-corrected chi connectivity index (χ2v) is 4.81. The molecule has 0 radical (unpaired) electrons. The van der Waals surface area contributed by atoms with Gasteiger partial charge < -0.3 is 19.5 Å². The Hall–Kier alpha value is -2.83. The van der Waals surface area contributed by atoms with E-state index in [1.807, 2.05) is 0 Å². The van der Waals surface area contributed by atoms with Gasteiger partial charge in [-0.2, -0.15) is 8.78 Å². The van der Waals surface area contributed by atoms with E-state index in [1.165, 1.54) is 38.5 Å². The molecule has 2 rings (SSSR count). The van der Waals surface area contributed by atoms with E-state index in [0.717, 1.165) is 0 Å². The van der Waals surface area contributed by atoms with Crippen molar-refractivity contribution in [3.8, 4) is 17.2 Å². The Kier molecular flexibility index (Phi) is 5.95. The average Bonchev–Trinajstić information content (AvgIpc) is 2.56. The van der Waals surface area contributed by atoms with E-state index < -0.39 is 6.61 Å². The summed E-state index contributed by atoms with van der Waals surface area (Å²) in [5.74, 6) is 0.945. The molecule has 0 saturated carbocycles. The van der Waals surface area contributed by atoms with Gasteiger partial charge in [0.05, 0.1) is 20.6 Å². The van der Waals surface area contributed by atoms with Gasteiger partial charge in [-0.25, -0.2) is 0 Å². The number of carbonyl (C=O) groups excluding carboxylic acids is 1. The molecule has 1 N–H and O–H groups in total. The molecule has 24 heavy (non-hydrogen) atoms. The molecule has 0 saturated heterocycles. The molecule has 5 nitrogen and oxygen atoms in total. The minimum Gasteiger partial charge on any atom is -0.497 e. The predicted octanol–water partition coefficient (Wildman–Crippen LogP) is 3.49. The summed E-state index contributed by atoms with van der Waals surface area (Å²) in [5, 5.41) is 2.68. The number of alkyl halides is 2. The smallest absolute Gasteiger partial charge is 0.387 e. The summed E-state index contributed by atoms with van der Waals surface area (Å²) in [7, 11) is 3.06. The van der Waals surface area contributed by atoms with Crippen molar-refractivity contribution in [1.29, 1.82) is 0 Å². The molecule has 0 atom stereocenters. The third kappa shape index (κ3) is 4.84. The van der Waals surface area contributed by atoms with Gasteiger partial charge in [-0.15, -0.1) is 0 Å². The third-order valence-electron chi connectivity index (χ3n) is 3.20. The number of carbonyl (C=O) groups is 1. The molecule has 0 heterocycles. The van der Waals surface area contributed by atoms with Gasteiger partial charge in [-0.1, -0.05) is 0 Å². The van der Waals surface area contributed by atoms with E-state index in [9.17, 15) is 13.6 Å². The van der Waals surface area contributed by atoms with Gasteiger partial charge in [0.1, 0.15) is 17.2 Å². The highest BCUT2D eigenvalue weighted by Crippen LogP contribution is 2.25. The van der Waals surface area contributed by atoms with Crippen molar-refractivity contribution in [1.82, 2.24) is 0 Å². The lowest BCUT2D eigenvalue weighted by Gasteiger charge is -2.11. The first-order chi connectivity index (χ1) is 11.5. The molecule has 0 aliphatic rings. The van der Waals surface area contributed by atoms with Crippen LogP contribution >= 0.6 is 0 Å². The highest BCUT2D eigenvalue weighted by molar-refractivity contribution is 5.92. The summed E-state index contributed by atoms with van der Waals surface area (Å²) in [6.45, 7) is -2.88. The highest BCUT2D eigenvalue weighted by atomic mass is 19.3. The molecular formula is C17H17F2NO4.